The molecular formula is C15H25F3N2O2S. The highest BCUT2D eigenvalue weighted by atomic mass is 32.2. The first-order chi connectivity index (χ1) is 10.2. The lowest BCUT2D eigenvalue weighted by molar-refractivity contribution is -0.188. The van der Waals surface area contributed by atoms with E-state index in [0.717, 1.165) is 4.90 Å². The van der Waals surface area contributed by atoms with E-state index in [0.29, 0.717) is 19.3 Å². The minimum Gasteiger partial charge on any atom is -0.591 e. The summed E-state index contributed by atoms with van der Waals surface area (Å²) in [5, 5.41) is 0. The molecule has 0 spiro atoms. The van der Waals surface area contributed by atoms with Crippen LogP contribution in [0.15, 0.2) is 4.40 Å². The molecule has 1 unspecified atom stereocenters. The zero-order chi connectivity index (χ0) is 18.1. The largest absolute Gasteiger partial charge is 0.591 e. The zero-order valence-electron chi connectivity index (χ0n) is 14.2. The van der Waals surface area contributed by atoms with Crippen molar-refractivity contribution in [3.05, 3.63) is 0 Å². The Morgan fingerprint density at radius 1 is 1.39 bits per heavy atom. The molecule has 0 radical (unpaired) electrons. The van der Waals surface area contributed by atoms with Crippen LogP contribution < -0.4 is 0 Å². The van der Waals surface area contributed by atoms with Gasteiger partial charge in [0.05, 0.1) is 6.21 Å². The lowest BCUT2D eigenvalue weighted by atomic mass is 9.93. The van der Waals surface area contributed by atoms with Crippen LogP contribution in [0.25, 0.3) is 0 Å². The van der Waals surface area contributed by atoms with Crippen molar-refractivity contribution in [1.29, 1.82) is 0 Å². The predicted molar refractivity (Wildman–Crippen MR) is 85.6 cm³/mol. The van der Waals surface area contributed by atoms with E-state index in [9.17, 15) is 22.5 Å². The van der Waals surface area contributed by atoms with Crippen molar-refractivity contribution >= 4 is 23.5 Å². The number of rotatable bonds is 4. The topological polar surface area (TPSA) is 55.7 Å². The monoisotopic (exact) mass is 354 g/mol. The number of nitrogens with zero attached hydrogens (tertiary/aromatic N) is 2. The minimum absolute atomic E-state index is 0.00850. The van der Waals surface area contributed by atoms with E-state index in [1.807, 2.05) is 20.8 Å². The molecule has 2 atom stereocenters. The highest BCUT2D eigenvalue weighted by Gasteiger charge is 2.50. The Balaban J connectivity index is 2.56. The van der Waals surface area contributed by atoms with Gasteiger partial charge in [0.2, 0.25) is 0 Å². The van der Waals surface area contributed by atoms with Crippen molar-refractivity contribution in [2.45, 2.75) is 70.3 Å². The van der Waals surface area contributed by atoms with Crippen LogP contribution in [0.5, 0.6) is 0 Å². The second-order valence-electron chi connectivity index (χ2n) is 7.52. The zero-order valence-corrected chi connectivity index (χ0v) is 15.1. The van der Waals surface area contributed by atoms with Crippen molar-refractivity contribution < 1.29 is 22.5 Å². The van der Waals surface area contributed by atoms with E-state index in [4.69, 9.17) is 0 Å². The van der Waals surface area contributed by atoms with Gasteiger partial charge in [0.1, 0.15) is 16.1 Å². The summed E-state index contributed by atoms with van der Waals surface area (Å²) in [6.07, 6.45) is -1.59. The predicted octanol–water partition coefficient (Wildman–Crippen LogP) is 3.49. The van der Waals surface area contributed by atoms with Crippen molar-refractivity contribution in [2.24, 2.45) is 10.3 Å². The average Bonchev–Trinajstić information content (AvgIpc) is 2.66. The lowest BCUT2D eigenvalue weighted by Gasteiger charge is -2.31. The van der Waals surface area contributed by atoms with Crippen molar-refractivity contribution in [3.8, 4) is 0 Å². The van der Waals surface area contributed by atoms with Crippen molar-refractivity contribution in [2.75, 3.05) is 6.54 Å². The molecule has 0 aromatic heterocycles. The number of halogens is 3. The third kappa shape index (κ3) is 5.67. The summed E-state index contributed by atoms with van der Waals surface area (Å²) < 4.78 is 53.2. The van der Waals surface area contributed by atoms with Gasteiger partial charge in [-0.05, 0) is 59.8 Å². The molecule has 0 bridgehead atoms. The Labute approximate surface area is 138 Å². The van der Waals surface area contributed by atoms with Crippen LogP contribution in [-0.4, -0.2) is 44.6 Å². The maximum Gasteiger partial charge on any atom is 0.471 e. The maximum atomic E-state index is 12.6. The Kier molecular flexibility index (Phi) is 6.18. The number of hydrogen-bond acceptors (Lipinski definition) is 3. The molecule has 134 valence electrons. The van der Waals surface area contributed by atoms with Gasteiger partial charge in [0.25, 0.3) is 0 Å². The number of hydrogen-bond donors (Lipinski definition) is 0. The van der Waals surface area contributed by atoms with Crippen LogP contribution in [0.4, 0.5) is 13.2 Å². The summed E-state index contributed by atoms with van der Waals surface area (Å²) in [4.78, 5) is 12.4. The van der Waals surface area contributed by atoms with Crippen LogP contribution in [0, 0.1) is 5.92 Å². The molecule has 8 heteroatoms. The number of carbonyl (C=O) groups is 1. The Hall–Kier alpha value is -0.760. The van der Waals surface area contributed by atoms with Gasteiger partial charge in [0, 0.05) is 12.1 Å². The van der Waals surface area contributed by atoms with Gasteiger partial charge >= 0.3 is 12.1 Å². The quantitative estimate of drug-likeness (QED) is 0.573. The molecule has 1 saturated heterocycles. The number of amides is 1. The third-order valence-corrected chi connectivity index (χ3v) is 5.23. The Morgan fingerprint density at radius 3 is 2.43 bits per heavy atom. The highest BCUT2D eigenvalue weighted by Crippen LogP contribution is 2.37. The summed E-state index contributed by atoms with van der Waals surface area (Å²) >= 11 is -1.33. The van der Waals surface area contributed by atoms with Gasteiger partial charge in [-0.25, -0.2) is 0 Å². The van der Waals surface area contributed by atoms with E-state index in [2.05, 4.69) is 4.40 Å². The first kappa shape index (κ1) is 20.3. The van der Waals surface area contributed by atoms with Crippen LogP contribution in [0.3, 0.4) is 0 Å². The van der Waals surface area contributed by atoms with E-state index in [1.165, 1.54) is 0 Å². The molecule has 0 aromatic carbocycles. The summed E-state index contributed by atoms with van der Waals surface area (Å²) in [6.45, 7) is 8.86. The first-order valence-electron chi connectivity index (χ1n) is 7.58. The second-order valence-corrected chi connectivity index (χ2v) is 9.46. The third-order valence-electron chi connectivity index (χ3n) is 3.85. The smallest absolute Gasteiger partial charge is 0.471 e. The molecule has 1 heterocycles. The molecular weight excluding hydrogens is 329 g/mol. The molecule has 0 aliphatic carbocycles. The fraction of sp³-hybridized carbons (Fsp3) is 0.867. The van der Waals surface area contributed by atoms with Crippen LogP contribution >= 0.6 is 0 Å². The molecule has 1 amide bonds. The lowest BCUT2D eigenvalue weighted by Crippen LogP contribution is -2.48. The Morgan fingerprint density at radius 2 is 1.96 bits per heavy atom. The van der Waals surface area contributed by atoms with Gasteiger partial charge in [-0.3, -0.25) is 4.79 Å². The Bertz CT molecular complexity index is 459. The fourth-order valence-corrected chi connectivity index (χ4v) is 3.24. The number of carbonyl (C=O) groups excluding carboxylic acids is 1. The molecule has 0 aromatic rings. The molecule has 1 aliphatic heterocycles. The normalized spacial score (nSPS) is 23.5. The van der Waals surface area contributed by atoms with Crippen molar-refractivity contribution in [3.63, 3.8) is 0 Å². The van der Waals surface area contributed by atoms with Crippen LogP contribution in [0.1, 0.15) is 53.9 Å². The van der Waals surface area contributed by atoms with Gasteiger partial charge < -0.3 is 9.45 Å². The fourth-order valence-electron chi connectivity index (χ4n) is 2.68. The van der Waals surface area contributed by atoms with E-state index in [-0.39, 0.29) is 12.5 Å². The average molecular weight is 354 g/mol. The summed E-state index contributed by atoms with van der Waals surface area (Å²) in [5.41, 5.74) is -0.803. The molecule has 0 N–H and O–H groups in total. The van der Waals surface area contributed by atoms with E-state index in [1.54, 1.807) is 20.1 Å². The molecule has 1 fully saturated rings. The summed E-state index contributed by atoms with van der Waals surface area (Å²) in [7, 11) is 0. The van der Waals surface area contributed by atoms with Gasteiger partial charge in [-0.1, -0.05) is 4.40 Å². The molecule has 0 saturated carbocycles. The first-order valence-corrected chi connectivity index (χ1v) is 8.69. The van der Waals surface area contributed by atoms with Gasteiger partial charge in [-0.15, -0.1) is 0 Å². The summed E-state index contributed by atoms with van der Waals surface area (Å²) in [5.74, 6) is -1.78. The molecule has 4 nitrogen and oxygen atoms in total. The minimum atomic E-state index is -4.84. The van der Waals surface area contributed by atoms with Crippen LogP contribution in [-0.2, 0) is 16.2 Å². The molecule has 23 heavy (non-hydrogen) atoms. The van der Waals surface area contributed by atoms with E-state index >= 15 is 0 Å². The maximum absolute atomic E-state index is 12.6. The SMILES string of the molecule is CC1(C)C[C@H](CC/C=N/[S+]([O-])C(C)(C)C)CN1C(=O)C(F)(F)F. The van der Waals surface area contributed by atoms with Crippen LogP contribution in [0.2, 0.25) is 0 Å². The molecule has 1 aliphatic rings. The number of likely N-dealkylation sites (tertiary alicyclic amines) is 1. The van der Waals surface area contributed by atoms with E-state index < -0.39 is 33.7 Å². The van der Waals surface area contributed by atoms with Crippen molar-refractivity contribution in [1.82, 2.24) is 4.90 Å². The van der Waals surface area contributed by atoms with Gasteiger partial charge in [0.15, 0.2) is 0 Å². The van der Waals surface area contributed by atoms with Gasteiger partial charge in [-0.2, -0.15) is 13.2 Å². The number of alkyl halides is 3. The second kappa shape index (κ2) is 7.01. The molecule has 1 rings (SSSR count). The standard InChI is InChI=1S/C15H25F3N2O2S/c1-13(2,3)23(22)19-8-6-7-11-9-14(4,5)20(10-11)12(21)15(16,17)18/h8,11H,6-7,9-10H2,1-5H3/b19-8+/t11-,23?/m0/s1. The highest BCUT2D eigenvalue weighted by molar-refractivity contribution is 7.91. The summed E-state index contributed by atoms with van der Waals surface area (Å²) in [6, 6.07) is 0.